The molecule has 29 heavy (non-hydrogen) atoms. The molecule has 156 valence electrons. The van der Waals surface area contributed by atoms with E-state index in [-0.39, 0.29) is 35.8 Å². The van der Waals surface area contributed by atoms with E-state index in [2.05, 4.69) is 26.3 Å². The van der Waals surface area contributed by atoms with Crippen molar-refractivity contribution in [1.29, 1.82) is 0 Å². The molecule has 0 aliphatic rings. The summed E-state index contributed by atoms with van der Waals surface area (Å²) in [6.45, 7) is 1.72. The molecule has 2 aromatic rings. The minimum absolute atomic E-state index is 0. The third-order valence-corrected chi connectivity index (χ3v) is 4.08. The second kappa shape index (κ2) is 13.5. The summed E-state index contributed by atoms with van der Waals surface area (Å²) < 4.78 is 0. The van der Waals surface area contributed by atoms with Gasteiger partial charge in [0.05, 0.1) is 0 Å². The summed E-state index contributed by atoms with van der Waals surface area (Å²) in [6, 6.07) is 16.7. The first kappa shape index (κ1) is 24.4. The third-order valence-electron chi connectivity index (χ3n) is 4.08. The molecule has 0 bridgehead atoms. The molecule has 0 aliphatic carbocycles. The number of aliphatic imine (C=N–C) groups is 1. The molecule has 0 fully saturated rings. The van der Waals surface area contributed by atoms with E-state index in [4.69, 9.17) is 0 Å². The zero-order chi connectivity index (χ0) is 20.2. The highest BCUT2D eigenvalue weighted by Gasteiger charge is 2.05. The smallest absolute Gasteiger partial charge is 0.251 e. The van der Waals surface area contributed by atoms with Crippen molar-refractivity contribution in [2.24, 2.45) is 4.99 Å². The molecule has 0 heterocycles. The van der Waals surface area contributed by atoms with Crippen molar-refractivity contribution < 1.29 is 9.59 Å². The van der Waals surface area contributed by atoms with Crippen molar-refractivity contribution in [3.8, 4) is 0 Å². The lowest BCUT2D eigenvalue weighted by molar-refractivity contribution is 0.0949. The average Bonchev–Trinajstić information content (AvgIpc) is 2.75. The van der Waals surface area contributed by atoms with Crippen LogP contribution in [0.4, 0.5) is 0 Å². The van der Waals surface area contributed by atoms with Gasteiger partial charge in [-0.25, -0.2) is 0 Å². The van der Waals surface area contributed by atoms with Gasteiger partial charge in [0.1, 0.15) is 0 Å². The molecule has 0 saturated carbocycles. The lowest BCUT2D eigenvalue weighted by atomic mass is 10.1. The maximum Gasteiger partial charge on any atom is 0.251 e. The molecule has 0 aromatic heterocycles. The number of benzene rings is 2. The first-order valence-corrected chi connectivity index (χ1v) is 9.23. The molecular weight excluding hydrogens is 481 g/mol. The highest BCUT2D eigenvalue weighted by Crippen LogP contribution is 2.05. The Hall–Kier alpha value is -2.62. The summed E-state index contributed by atoms with van der Waals surface area (Å²) in [6.07, 6.45) is 0.760. The van der Waals surface area contributed by atoms with E-state index >= 15 is 0 Å². The Labute approximate surface area is 188 Å². The number of halogens is 1. The number of amides is 2. The van der Waals surface area contributed by atoms with Crippen molar-refractivity contribution in [3.05, 3.63) is 71.3 Å². The van der Waals surface area contributed by atoms with Gasteiger partial charge in [-0.3, -0.25) is 14.6 Å². The Kier molecular flexibility index (Phi) is 11.4. The molecule has 2 amide bonds. The van der Waals surface area contributed by atoms with Gasteiger partial charge in [-0.1, -0.05) is 30.3 Å². The van der Waals surface area contributed by atoms with Crippen LogP contribution in [0.1, 0.15) is 26.3 Å². The van der Waals surface area contributed by atoms with Crippen LogP contribution in [-0.2, 0) is 6.42 Å². The molecule has 2 aromatic carbocycles. The molecule has 0 saturated heterocycles. The fourth-order valence-electron chi connectivity index (χ4n) is 2.61. The van der Waals surface area contributed by atoms with Gasteiger partial charge in [-0.15, -0.1) is 24.0 Å². The molecule has 0 atom stereocenters. The van der Waals surface area contributed by atoms with E-state index in [0.29, 0.717) is 36.7 Å². The van der Waals surface area contributed by atoms with Gasteiger partial charge in [0.15, 0.2) is 5.96 Å². The monoisotopic (exact) mass is 509 g/mol. The van der Waals surface area contributed by atoms with Crippen molar-refractivity contribution in [1.82, 2.24) is 21.3 Å². The fourth-order valence-corrected chi connectivity index (χ4v) is 2.61. The van der Waals surface area contributed by atoms with Crippen molar-refractivity contribution >= 4 is 41.8 Å². The maximum absolute atomic E-state index is 12.0. The molecule has 2 rings (SSSR count). The number of hydrogen-bond donors (Lipinski definition) is 4. The molecule has 0 spiro atoms. The van der Waals surface area contributed by atoms with Gasteiger partial charge in [0.2, 0.25) is 0 Å². The van der Waals surface area contributed by atoms with Gasteiger partial charge in [0, 0.05) is 44.9 Å². The van der Waals surface area contributed by atoms with Gasteiger partial charge < -0.3 is 21.3 Å². The highest BCUT2D eigenvalue weighted by molar-refractivity contribution is 14.0. The number of hydrogen-bond acceptors (Lipinski definition) is 3. The second-order valence-electron chi connectivity index (χ2n) is 6.08. The summed E-state index contributed by atoms with van der Waals surface area (Å²) in [4.78, 5) is 27.8. The van der Waals surface area contributed by atoms with Crippen LogP contribution in [0, 0.1) is 0 Å². The molecule has 0 unspecified atom stereocenters. The van der Waals surface area contributed by atoms with Crippen molar-refractivity contribution in [2.45, 2.75) is 6.42 Å². The first-order chi connectivity index (χ1) is 13.6. The number of guanidine groups is 1. The van der Waals surface area contributed by atoms with Crippen LogP contribution in [0.15, 0.2) is 59.6 Å². The van der Waals surface area contributed by atoms with Crippen molar-refractivity contribution in [3.63, 3.8) is 0 Å². The fraction of sp³-hybridized carbons (Fsp3) is 0.286. The number of nitrogens with one attached hydrogen (secondary N) is 4. The Morgan fingerprint density at radius 1 is 0.828 bits per heavy atom. The molecule has 0 aliphatic heterocycles. The van der Waals surface area contributed by atoms with E-state index in [1.54, 1.807) is 32.3 Å². The van der Waals surface area contributed by atoms with Crippen LogP contribution in [0.3, 0.4) is 0 Å². The summed E-state index contributed by atoms with van der Waals surface area (Å²) in [5.74, 6) is 0.475. The van der Waals surface area contributed by atoms with Crippen LogP contribution in [-0.4, -0.2) is 51.5 Å². The van der Waals surface area contributed by atoms with E-state index in [1.807, 2.05) is 36.4 Å². The summed E-state index contributed by atoms with van der Waals surface area (Å²) in [7, 11) is 3.32. The lowest BCUT2D eigenvalue weighted by Crippen LogP contribution is -2.42. The Morgan fingerprint density at radius 3 is 2.17 bits per heavy atom. The topological polar surface area (TPSA) is 94.6 Å². The van der Waals surface area contributed by atoms with Crippen LogP contribution >= 0.6 is 24.0 Å². The number of carbonyl (C=O) groups excluding carboxylic acids is 2. The predicted octanol–water partition coefficient (Wildman–Crippen LogP) is 1.80. The van der Waals surface area contributed by atoms with Gasteiger partial charge in [0.25, 0.3) is 11.8 Å². The zero-order valence-corrected chi connectivity index (χ0v) is 19.0. The summed E-state index contributed by atoms with van der Waals surface area (Å²) in [5.41, 5.74) is 2.36. The maximum atomic E-state index is 12.0. The quantitative estimate of drug-likeness (QED) is 0.189. The minimum Gasteiger partial charge on any atom is -0.356 e. The van der Waals surface area contributed by atoms with Gasteiger partial charge >= 0.3 is 0 Å². The molecular formula is C21H28IN5O2. The summed E-state index contributed by atoms with van der Waals surface area (Å²) in [5, 5.41) is 11.9. The van der Waals surface area contributed by atoms with Crippen LogP contribution in [0.25, 0.3) is 0 Å². The summed E-state index contributed by atoms with van der Waals surface area (Å²) >= 11 is 0. The Balaban J connectivity index is 0.00000420. The lowest BCUT2D eigenvalue weighted by Gasteiger charge is -2.12. The molecule has 4 N–H and O–H groups in total. The Bertz CT molecular complexity index is 812. The number of nitrogens with zero attached hydrogens (tertiary/aromatic N) is 1. The second-order valence-corrected chi connectivity index (χ2v) is 6.08. The van der Waals surface area contributed by atoms with E-state index in [0.717, 1.165) is 12.0 Å². The third kappa shape index (κ3) is 8.51. The standard InChI is InChI=1S/C21H27N5O2.HI/c1-22-19(27)18-10-6-7-16(15-18)11-12-25-21(23-2)26-14-13-24-20(28)17-8-4-3-5-9-17;/h3-10,15H,11-14H2,1-2H3,(H,22,27)(H,24,28)(H2,23,25,26);1H. The average molecular weight is 509 g/mol. The number of rotatable bonds is 8. The highest BCUT2D eigenvalue weighted by atomic mass is 127. The molecule has 8 heteroatoms. The first-order valence-electron chi connectivity index (χ1n) is 9.23. The predicted molar refractivity (Wildman–Crippen MR) is 127 cm³/mol. The zero-order valence-electron chi connectivity index (χ0n) is 16.7. The number of carbonyl (C=O) groups is 2. The van der Waals surface area contributed by atoms with Gasteiger partial charge in [-0.05, 0) is 36.2 Å². The van der Waals surface area contributed by atoms with Crippen LogP contribution in [0.5, 0.6) is 0 Å². The normalized spacial score (nSPS) is 10.5. The molecule has 7 nitrogen and oxygen atoms in total. The van der Waals surface area contributed by atoms with Crippen molar-refractivity contribution in [2.75, 3.05) is 33.7 Å². The van der Waals surface area contributed by atoms with E-state index in [1.165, 1.54) is 0 Å². The molecule has 0 radical (unpaired) electrons. The van der Waals surface area contributed by atoms with Crippen LogP contribution < -0.4 is 21.3 Å². The van der Waals surface area contributed by atoms with Gasteiger partial charge in [-0.2, -0.15) is 0 Å². The van der Waals surface area contributed by atoms with Crippen LogP contribution in [0.2, 0.25) is 0 Å². The largest absolute Gasteiger partial charge is 0.356 e. The Morgan fingerprint density at radius 2 is 1.48 bits per heavy atom. The SMILES string of the molecule is CN=C(NCCNC(=O)c1ccccc1)NCCc1cccc(C(=O)NC)c1.I. The minimum atomic E-state index is -0.0960. The van der Waals surface area contributed by atoms with E-state index < -0.39 is 0 Å². The van der Waals surface area contributed by atoms with E-state index in [9.17, 15) is 9.59 Å².